The summed E-state index contributed by atoms with van der Waals surface area (Å²) in [5, 5.41) is 2.61. The van der Waals surface area contributed by atoms with Crippen molar-refractivity contribution in [2.24, 2.45) is 0 Å². The molecule has 7 heteroatoms. The Labute approximate surface area is 162 Å². The van der Waals surface area contributed by atoms with Gasteiger partial charge in [0.25, 0.3) is 11.5 Å². The minimum atomic E-state index is -0.127. The summed E-state index contributed by atoms with van der Waals surface area (Å²) in [6, 6.07) is 9.86. The van der Waals surface area contributed by atoms with Crippen LogP contribution in [0.3, 0.4) is 0 Å². The van der Waals surface area contributed by atoms with Gasteiger partial charge in [0.05, 0.1) is 12.4 Å². The monoisotopic (exact) mass is 385 g/mol. The Bertz CT molecular complexity index is 977. The summed E-state index contributed by atoms with van der Waals surface area (Å²) in [5.74, 6) is 0.724. The summed E-state index contributed by atoms with van der Waals surface area (Å²) >= 11 is 1.47. The molecule has 0 aliphatic rings. The van der Waals surface area contributed by atoms with Crippen LogP contribution in [0.2, 0.25) is 0 Å². The van der Waals surface area contributed by atoms with Crippen molar-refractivity contribution >= 4 is 27.5 Å². The van der Waals surface area contributed by atoms with Crippen LogP contribution in [0, 0.1) is 0 Å². The summed E-state index contributed by atoms with van der Waals surface area (Å²) in [5.41, 5.74) is 1.79. The van der Waals surface area contributed by atoms with Crippen LogP contribution in [-0.4, -0.2) is 47.5 Å². The molecule has 1 unspecified atom stereocenters. The van der Waals surface area contributed by atoms with Crippen LogP contribution in [-0.2, 0) is 11.3 Å². The number of carbonyl (C=O) groups excluding carboxylic acids is 1. The van der Waals surface area contributed by atoms with E-state index in [1.54, 1.807) is 0 Å². The van der Waals surface area contributed by atoms with E-state index in [0.717, 1.165) is 20.9 Å². The molecule has 3 rings (SSSR count). The third-order valence-corrected chi connectivity index (χ3v) is 5.49. The molecule has 1 amide bonds. The lowest BCUT2D eigenvalue weighted by molar-refractivity contribution is -0.886. The molecule has 1 aromatic carbocycles. The molecule has 3 aromatic rings. The number of likely N-dealkylation sites (N-methyl/N-ethyl adjacent to an activating group) is 2. The highest BCUT2D eigenvalue weighted by atomic mass is 32.1. The number of rotatable bonds is 7. The van der Waals surface area contributed by atoms with Crippen molar-refractivity contribution in [1.82, 2.24) is 14.9 Å². The first-order valence-electron chi connectivity index (χ1n) is 9.18. The molecule has 2 heterocycles. The van der Waals surface area contributed by atoms with Crippen LogP contribution in [0.25, 0.3) is 21.3 Å². The van der Waals surface area contributed by atoms with Gasteiger partial charge in [-0.1, -0.05) is 30.3 Å². The lowest BCUT2D eigenvalue weighted by Gasteiger charge is -2.20. The Morgan fingerprint density at radius 3 is 2.59 bits per heavy atom. The van der Waals surface area contributed by atoms with Gasteiger partial charge < -0.3 is 14.8 Å². The fraction of sp³-hybridized carbons (Fsp3) is 0.350. The standard InChI is InChI=1S/C20H24N4O2S/c1-4-24(5-2)17(25)12-23(3)11-16-21-19(26)18-15(13-27-20(18)22-16)14-9-7-6-8-10-14/h6-10,13H,4-5,11-12H2,1-3H3,(H,21,22,26)/p+1. The smallest absolute Gasteiger partial charge is 0.277 e. The maximum atomic E-state index is 12.7. The molecule has 0 fully saturated rings. The molecule has 0 aliphatic carbocycles. The Morgan fingerprint density at radius 2 is 1.93 bits per heavy atom. The molecule has 1 atom stereocenters. The number of amides is 1. The zero-order valence-corrected chi connectivity index (χ0v) is 16.7. The van der Waals surface area contributed by atoms with Crippen LogP contribution >= 0.6 is 11.3 Å². The highest BCUT2D eigenvalue weighted by molar-refractivity contribution is 7.17. The van der Waals surface area contributed by atoms with E-state index in [1.165, 1.54) is 11.3 Å². The van der Waals surface area contributed by atoms with Crippen molar-refractivity contribution in [2.45, 2.75) is 20.4 Å². The van der Waals surface area contributed by atoms with E-state index >= 15 is 0 Å². The van der Waals surface area contributed by atoms with Gasteiger partial charge in [-0.25, -0.2) is 4.98 Å². The molecular weight excluding hydrogens is 360 g/mol. The highest BCUT2D eigenvalue weighted by Crippen LogP contribution is 2.30. The van der Waals surface area contributed by atoms with Gasteiger partial charge in [0.1, 0.15) is 11.4 Å². The molecule has 0 saturated carbocycles. The fourth-order valence-electron chi connectivity index (χ4n) is 3.20. The van der Waals surface area contributed by atoms with Gasteiger partial charge in [-0.15, -0.1) is 11.3 Å². The molecule has 2 aromatic heterocycles. The van der Waals surface area contributed by atoms with Crippen LogP contribution in [0.1, 0.15) is 19.7 Å². The van der Waals surface area contributed by atoms with Crippen molar-refractivity contribution in [3.05, 3.63) is 51.9 Å². The molecule has 0 spiro atoms. The van der Waals surface area contributed by atoms with Crippen LogP contribution < -0.4 is 10.5 Å². The minimum Gasteiger partial charge on any atom is -0.338 e. The maximum absolute atomic E-state index is 12.7. The minimum absolute atomic E-state index is 0.114. The molecule has 142 valence electrons. The predicted molar refractivity (Wildman–Crippen MR) is 109 cm³/mol. The first-order valence-corrected chi connectivity index (χ1v) is 10.1. The third kappa shape index (κ3) is 4.26. The number of hydrogen-bond donors (Lipinski definition) is 2. The van der Waals surface area contributed by atoms with Gasteiger partial charge in [0.2, 0.25) is 0 Å². The lowest BCUT2D eigenvalue weighted by Crippen LogP contribution is -3.09. The molecular formula is C20H25N4O2S+. The number of hydrogen-bond acceptors (Lipinski definition) is 4. The van der Waals surface area contributed by atoms with Crippen molar-refractivity contribution < 1.29 is 9.69 Å². The van der Waals surface area contributed by atoms with Gasteiger partial charge in [0.15, 0.2) is 12.4 Å². The summed E-state index contributed by atoms with van der Waals surface area (Å²) < 4.78 is 0. The number of aromatic amines is 1. The molecule has 0 aliphatic heterocycles. The molecule has 0 saturated heterocycles. The Hall–Kier alpha value is -2.51. The van der Waals surface area contributed by atoms with Gasteiger partial charge in [-0.05, 0) is 19.4 Å². The third-order valence-electron chi connectivity index (χ3n) is 4.62. The largest absolute Gasteiger partial charge is 0.338 e. The van der Waals surface area contributed by atoms with E-state index in [9.17, 15) is 9.59 Å². The second-order valence-electron chi connectivity index (χ2n) is 6.58. The van der Waals surface area contributed by atoms with E-state index < -0.39 is 0 Å². The normalized spacial score (nSPS) is 12.3. The Kier molecular flexibility index (Phi) is 6.03. The van der Waals surface area contributed by atoms with E-state index in [4.69, 9.17) is 0 Å². The molecule has 2 N–H and O–H groups in total. The maximum Gasteiger partial charge on any atom is 0.277 e. The number of benzene rings is 1. The molecule has 6 nitrogen and oxygen atoms in total. The number of nitrogens with zero attached hydrogens (tertiary/aromatic N) is 2. The fourth-order valence-corrected chi connectivity index (χ4v) is 4.17. The van der Waals surface area contributed by atoms with E-state index in [0.29, 0.717) is 37.4 Å². The van der Waals surface area contributed by atoms with Crippen LogP contribution in [0.15, 0.2) is 40.5 Å². The summed E-state index contributed by atoms with van der Waals surface area (Å²) in [7, 11) is 1.94. The molecule has 0 bridgehead atoms. The average molecular weight is 386 g/mol. The van der Waals surface area contributed by atoms with Crippen LogP contribution in [0.5, 0.6) is 0 Å². The summed E-state index contributed by atoms with van der Waals surface area (Å²) in [6.07, 6.45) is 0. The number of aromatic nitrogens is 2. The SMILES string of the molecule is CCN(CC)C(=O)C[NH+](C)Cc1nc2scc(-c3ccccc3)c2c(=O)[nH]1. The second kappa shape index (κ2) is 8.45. The summed E-state index contributed by atoms with van der Waals surface area (Å²) in [4.78, 5) is 36.0. The second-order valence-corrected chi connectivity index (χ2v) is 7.44. The predicted octanol–water partition coefficient (Wildman–Crippen LogP) is 1.53. The van der Waals surface area contributed by atoms with Crippen molar-refractivity contribution in [1.29, 1.82) is 0 Å². The molecule has 27 heavy (non-hydrogen) atoms. The zero-order valence-electron chi connectivity index (χ0n) is 15.9. The Balaban J connectivity index is 1.81. The average Bonchev–Trinajstić information content (AvgIpc) is 3.08. The van der Waals surface area contributed by atoms with Gasteiger partial charge >= 0.3 is 0 Å². The number of H-pyrrole nitrogens is 1. The quantitative estimate of drug-likeness (QED) is 0.648. The number of nitrogens with one attached hydrogen (secondary N) is 2. The number of fused-ring (bicyclic) bond motifs is 1. The number of quaternary nitrogens is 1. The first kappa shape index (κ1) is 19.3. The van der Waals surface area contributed by atoms with Crippen molar-refractivity contribution in [3.63, 3.8) is 0 Å². The number of carbonyl (C=O) groups is 1. The molecule has 0 radical (unpaired) electrons. The topological polar surface area (TPSA) is 70.5 Å². The van der Waals surface area contributed by atoms with Gasteiger partial charge in [-0.2, -0.15) is 0 Å². The lowest BCUT2D eigenvalue weighted by atomic mass is 10.1. The van der Waals surface area contributed by atoms with E-state index in [-0.39, 0.29) is 11.5 Å². The van der Waals surface area contributed by atoms with Gasteiger partial charge in [-0.3, -0.25) is 9.59 Å². The zero-order chi connectivity index (χ0) is 19.4. The highest BCUT2D eigenvalue weighted by Gasteiger charge is 2.18. The van der Waals surface area contributed by atoms with Crippen LogP contribution in [0.4, 0.5) is 0 Å². The number of thiophene rings is 1. The first-order chi connectivity index (χ1) is 13.0. The van der Waals surface area contributed by atoms with E-state index in [2.05, 4.69) is 9.97 Å². The van der Waals surface area contributed by atoms with E-state index in [1.807, 2.05) is 61.5 Å². The Morgan fingerprint density at radius 1 is 1.22 bits per heavy atom. The van der Waals surface area contributed by atoms with Crippen molar-refractivity contribution in [3.8, 4) is 11.1 Å². The van der Waals surface area contributed by atoms with Crippen molar-refractivity contribution in [2.75, 3.05) is 26.7 Å². The summed E-state index contributed by atoms with van der Waals surface area (Å²) in [6.45, 7) is 6.25. The van der Waals surface area contributed by atoms with Gasteiger partial charge in [0, 0.05) is 24.0 Å².